The minimum atomic E-state index is 0.503. The zero-order valence-electron chi connectivity index (χ0n) is 13.7. The maximum atomic E-state index is 6.05. The van der Waals surface area contributed by atoms with E-state index in [1.165, 1.54) is 18.4 Å². The number of aromatic nitrogens is 3. The molecule has 5 nitrogen and oxygen atoms in total. The van der Waals surface area contributed by atoms with Gasteiger partial charge in [-0.05, 0) is 37.8 Å². The number of nitrogen functional groups attached to an aromatic ring is 1. The summed E-state index contributed by atoms with van der Waals surface area (Å²) in [4.78, 5) is 16.0. The Hall–Kier alpha value is -2.17. The average Bonchev–Trinajstić information content (AvgIpc) is 3.31. The molecule has 3 rings (SSSR count). The Labute approximate surface area is 131 Å². The first-order chi connectivity index (χ1) is 10.5. The summed E-state index contributed by atoms with van der Waals surface area (Å²) in [6.07, 6.45) is 5.05. The van der Waals surface area contributed by atoms with Crippen molar-refractivity contribution in [2.45, 2.75) is 39.0 Å². The molecule has 0 spiro atoms. The van der Waals surface area contributed by atoms with Crippen LogP contribution in [0.1, 0.15) is 42.6 Å². The molecule has 1 aliphatic rings. The molecule has 1 aliphatic carbocycles. The van der Waals surface area contributed by atoms with Gasteiger partial charge in [-0.1, -0.05) is 6.92 Å². The van der Waals surface area contributed by atoms with Crippen LogP contribution in [0.25, 0.3) is 11.3 Å². The third kappa shape index (κ3) is 2.63. The second-order valence-corrected chi connectivity index (χ2v) is 6.17. The highest BCUT2D eigenvalue weighted by atomic mass is 15.1. The number of hydrogen-bond acceptors (Lipinski definition) is 5. The molecule has 5 heteroatoms. The first-order valence-corrected chi connectivity index (χ1v) is 7.81. The van der Waals surface area contributed by atoms with Gasteiger partial charge < -0.3 is 10.6 Å². The van der Waals surface area contributed by atoms with E-state index in [1.807, 2.05) is 25.2 Å². The minimum absolute atomic E-state index is 0.503. The second-order valence-electron chi connectivity index (χ2n) is 6.17. The van der Waals surface area contributed by atoms with Gasteiger partial charge in [-0.3, -0.25) is 0 Å². The van der Waals surface area contributed by atoms with Gasteiger partial charge in [0.05, 0.1) is 17.1 Å². The van der Waals surface area contributed by atoms with Crippen LogP contribution in [-0.4, -0.2) is 29.0 Å². The molecule has 0 atom stereocenters. The molecule has 22 heavy (non-hydrogen) atoms. The minimum Gasteiger partial charge on any atom is -0.382 e. The van der Waals surface area contributed by atoms with Crippen molar-refractivity contribution in [2.24, 2.45) is 0 Å². The number of anilines is 2. The zero-order valence-corrected chi connectivity index (χ0v) is 13.7. The maximum Gasteiger partial charge on any atom is 0.145 e. The summed E-state index contributed by atoms with van der Waals surface area (Å²) >= 11 is 0. The molecule has 2 aromatic heterocycles. The van der Waals surface area contributed by atoms with Gasteiger partial charge in [-0.2, -0.15) is 0 Å². The average molecular weight is 297 g/mol. The molecule has 0 saturated heterocycles. The molecule has 0 radical (unpaired) electrons. The van der Waals surface area contributed by atoms with Crippen LogP contribution in [-0.2, 0) is 6.42 Å². The number of rotatable bonds is 4. The molecule has 0 bridgehead atoms. The van der Waals surface area contributed by atoms with E-state index in [1.54, 1.807) is 0 Å². The van der Waals surface area contributed by atoms with Crippen LogP contribution >= 0.6 is 0 Å². The first kappa shape index (κ1) is 14.8. The maximum absolute atomic E-state index is 6.05. The van der Waals surface area contributed by atoms with Crippen molar-refractivity contribution in [3.8, 4) is 11.3 Å². The van der Waals surface area contributed by atoms with Crippen molar-refractivity contribution in [1.29, 1.82) is 0 Å². The van der Waals surface area contributed by atoms with Gasteiger partial charge in [0.2, 0.25) is 0 Å². The molecule has 2 aromatic rings. The summed E-state index contributed by atoms with van der Waals surface area (Å²) in [5, 5.41) is 0. The molecule has 1 fully saturated rings. The fourth-order valence-corrected chi connectivity index (χ4v) is 2.63. The van der Waals surface area contributed by atoms with Crippen LogP contribution < -0.4 is 10.6 Å². The topological polar surface area (TPSA) is 67.9 Å². The summed E-state index contributed by atoms with van der Waals surface area (Å²) in [5.41, 5.74) is 11.2. The van der Waals surface area contributed by atoms with Crippen LogP contribution in [0.2, 0.25) is 0 Å². The van der Waals surface area contributed by atoms with Gasteiger partial charge >= 0.3 is 0 Å². The van der Waals surface area contributed by atoms with Crippen molar-refractivity contribution in [3.05, 3.63) is 29.2 Å². The Kier molecular flexibility index (Phi) is 3.72. The molecule has 0 aliphatic heterocycles. The zero-order chi connectivity index (χ0) is 15.9. The highest BCUT2D eigenvalue weighted by Crippen LogP contribution is 2.43. The Morgan fingerprint density at radius 2 is 2.00 bits per heavy atom. The Bertz CT molecular complexity index is 704. The third-order valence-corrected chi connectivity index (χ3v) is 4.13. The molecule has 2 N–H and O–H groups in total. The predicted octanol–water partition coefficient (Wildman–Crippen LogP) is 2.94. The quantitative estimate of drug-likeness (QED) is 0.939. The number of nitrogens with zero attached hydrogens (tertiary/aromatic N) is 4. The van der Waals surface area contributed by atoms with Crippen LogP contribution in [0, 0.1) is 6.92 Å². The fourth-order valence-electron chi connectivity index (χ4n) is 2.63. The van der Waals surface area contributed by atoms with E-state index in [9.17, 15) is 0 Å². The van der Waals surface area contributed by atoms with Crippen molar-refractivity contribution in [3.63, 3.8) is 0 Å². The Morgan fingerprint density at radius 3 is 2.55 bits per heavy atom. The van der Waals surface area contributed by atoms with Crippen LogP contribution in [0.4, 0.5) is 11.6 Å². The standard InChI is InChI=1S/C17H23N5/c1-5-13-17(18)21-15(11-6-7-11)16(20-13)12-9-19-14(22(3)4)8-10(12)2/h8-9,11H,5-7H2,1-4H3,(H2,18,21). The van der Waals surface area contributed by atoms with Crippen LogP contribution in [0.5, 0.6) is 0 Å². The summed E-state index contributed by atoms with van der Waals surface area (Å²) < 4.78 is 0. The lowest BCUT2D eigenvalue weighted by molar-refractivity contribution is 0.943. The van der Waals surface area contributed by atoms with Crippen LogP contribution in [0.15, 0.2) is 12.3 Å². The third-order valence-electron chi connectivity index (χ3n) is 4.13. The van der Waals surface area contributed by atoms with E-state index >= 15 is 0 Å². The lowest BCUT2D eigenvalue weighted by Crippen LogP contribution is -2.11. The van der Waals surface area contributed by atoms with Crippen LogP contribution in [0.3, 0.4) is 0 Å². The molecule has 0 aromatic carbocycles. The van der Waals surface area contributed by atoms with Gasteiger partial charge in [0, 0.05) is 31.8 Å². The summed E-state index contributed by atoms with van der Waals surface area (Å²) in [5.74, 6) is 2.03. The number of aryl methyl sites for hydroxylation is 2. The Balaban J connectivity index is 2.14. The normalized spacial score (nSPS) is 14.2. The monoisotopic (exact) mass is 297 g/mol. The van der Waals surface area contributed by atoms with Crippen molar-refractivity contribution >= 4 is 11.6 Å². The first-order valence-electron chi connectivity index (χ1n) is 7.81. The smallest absolute Gasteiger partial charge is 0.145 e. The molecular formula is C17H23N5. The molecule has 0 amide bonds. The lowest BCUT2D eigenvalue weighted by Gasteiger charge is -2.16. The van der Waals surface area contributed by atoms with Gasteiger partial charge in [0.15, 0.2) is 0 Å². The molecule has 1 saturated carbocycles. The van der Waals surface area contributed by atoms with E-state index in [2.05, 4.69) is 29.9 Å². The number of nitrogens with two attached hydrogens (primary N) is 1. The Morgan fingerprint density at radius 1 is 1.27 bits per heavy atom. The van der Waals surface area contributed by atoms with Crippen molar-refractivity contribution in [2.75, 3.05) is 24.7 Å². The molecular weight excluding hydrogens is 274 g/mol. The number of hydrogen-bond donors (Lipinski definition) is 1. The predicted molar refractivity (Wildman–Crippen MR) is 90.1 cm³/mol. The van der Waals surface area contributed by atoms with E-state index in [0.717, 1.165) is 34.9 Å². The number of pyridine rings is 1. The lowest BCUT2D eigenvalue weighted by atomic mass is 10.0. The highest BCUT2D eigenvalue weighted by Gasteiger charge is 2.30. The van der Waals surface area contributed by atoms with E-state index in [4.69, 9.17) is 10.7 Å². The van der Waals surface area contributed by atoms with Gasteiger partial charge in [0.1, 0.15) is 11.6 Å². The van der Waals surface area contributed by atoms with E-state index < -0.39 is 0 Å². The SMILES string of the molecule is CCc1nc(-c2cnc(N(C)C)cc2C)c(C2CC2)nc1N. The summed E-state index contributed by atoms with van der Waals surface area (Å²) in [7, 11) is 3.99. The molecule has 116 valence electrons. The van der Waals surface area contributed by atoms with Gasteiger partial charge in [-0.15, -0.1) is 0 Å². The van der Waals surface area contributed by atoms with E-state index in [-0.39, 0.29) is 0 Å². The molecule has 0 unspecified atom stereocenters. The van der Waals surface area contributed by atoms with Gasteiger partial charge in [-0.25, -0.2) is 15.0 Å². The fraction of sp³-hybridized carbons (Fsp3) is 0.471. The largest absolute Gasteiger partial charge is 0.382 e. The van der Waals surface area contributed by atoms with E-state index in [0.29, 0.717) is 11.7 Å². The van der Waals surface area contributed by atoms with Crippen molar-refractivity contribution < 1.29 is 0 Å². The van der Waals surface area contributed by atoms with Crippen molar-refractivity contribution in [1.82, 2.24) is 15.0 Å². The molecule has 2 heterocycles. The highest BCUT2D eigenvalue weighted by molar-refractivity contribution is 5.68. The summed E-state index contributed by atoms with van der Waals surface area (Å²) in [6, 6.07) is 2.09. The summed E-state index contributed by atoms with van der Waals surface area (Å²) in [6.45, 7) is 4.16. The second kappa shape index (κ2) is 5.55. The van der Waals surface area contributed by atoms with Gasteiger partial charge in [0.25, 0.3) is 0 Å².